The average Bonchev–Trinajstić information content (AvgIpc) is 2.63. The molecular weight excluding hydrogens is 324 g/mol. The third-order valence-electron chi connectivity index (χ3n) is 3.63. The van der Waals surface area contributed by atoms with Gasteiger partial charge in [-0.15, -0.1) is 0 Å². The number of benzene rings is 2. The van der Waals surface area contributed by atoms with E-state index in [1.165, 1.54) is 12.1 Å². The molecule has 0 aliphatic carbocycles. The number of likely N-dealkylation sites (N-methyl/N-ethyl adjacent to an activating group) is 1. The Morgan fingerprint density at radius 1 is 1.28 bits per heavy atom. The van der Waals surface area contributed by atoms with E-state index in [0.717, 1.165) is 11.8 Å². The first-order valence-electron chi connectivity index (χ1n) is 7.74. The van der Waals surface area contributed by atoms with Crippen molar-refractivity contribution in [3.05, 3.63) is 64.2 Å². The van der Waals surface area contributed by atoms with Crippen LogP contribution in [0.4, 0.5) is 11.4 Å². The summed E-state index contributed by atoms with van der Waals surface area (Å²) in [4.78, 5) is 35.6. The van der Waals surface area contributed by atoms with Crippen molar-refractivity contribution in [1.82, 2.24) is 0 Å². The van der Waals surface area contributed by atoms with Crippen LogP contribution in [0.2, 0.25) is 0 Å². The highest BCUT2D eigenvalue weighted by Crippen LogP contribution is 2.24. The van der Waals surface area contributed by atoms with Crippen LogP contribution >= 0.6 is 0 Å². The number of para-hydroxylation sites is 1. The van der Waals surface area contributed by atoms with Crippen LogP contribution in [0.1, 0.15) is 24.2 Å². The largest absolute Gasteiger partial charge is 0.480 e. The first-order chi connectivity index (χ1) is 12.0. The highest BCUT2D eigenvalue weighted by Gasteiger charge is 2.23. The van der Waals surface area contributed by atoms with Gasteiger partial charge in [0.2, 0.25) is 0 Å². The summed E-state index contributed by atoms with van der Waals surface area (Å²) < 4.78 is 5.59. The molecule has 1 amide bonds. The SMILES string of the molecule is CCN(C(=O)[C@H](C)Oc1ccc([N+](=O)[O-])cc1C=O)c1ccccc1. The monoisotopic (exact) mass is 342 g/mol. The van der Waals surface area contributed by atoms with Gasteiger partial charge in [0.05, 0.1) is 10.5 Å². The zero-order chi connectivity index (χ0) is 18.4. The maximum atomic E-state index is 12.7. The number of hydrogen-bond acceptors (Lipinski definition) is 5. The number of carbonyl (C=O) groups excluding carboxylic acids is 2. The zero-order valence-corrected chi connectivity index (χ0v) is 13.9. The summed E-state index contributed by atoms with van der Waals surface area (Å²) in [7, 11) is 0. The van der Waals surface area contributed by atoms with Gasteiger partial charge in [-0.25, -0.2) is 0 Å². The molecule has 0 aromatic heterocycles. The highest BCUT2D eigenvalue weighted by atomic mass is 16.6. The summed E-state index contributed by atoms with van der Waals surface area (Å²) in [5, 5.41) is 10.8. The van der Waals surface area contributed by atoms with Crippen molar-refractivity contribution in [3.8, 4) is 5.75 Å². The van der Waals surface area contributed by atoms with E-state index >= 15 is 0 Å². The maximum Gasteiger partial charge on any atom is 0.270 e. The topological polar surface area (TPSA) is 89.8 Å². The summed E-state index contributed by atoms with van der Waals surface area (Å²) >= 11 is 0. The lowest BCUT2D eigenvalue weighted by Gasteiger charge is -2.25. The van der Waals surface area contributed by atoms with Gasteiger partial charge in [-0.1, -0.05) is 18.2 Å². The molecule has 130 valence electrons. The molecule has 7 heteroatoms. The first kappa shape index (κ1) is 18.1. The molecule has 0 saturated carbocycles. The second kappa shape index (κ2) is 8.05. The molecule has 1 atom stereocenters. The fourth-order valence-electron chi connectivity index (χ4n) is 2.38. The number of carbonyl (C=O) groups is 2. The standard InChI is InChI=1S/C18H18N2O5/c1-3-19(15-7-5-4-6-8-15)18(22)13(2)25-17-10-9-16(20(23)24)11-14(17)12-21/h4-13H,3H2,1-2H3/t13-/m0/s1. The van der Waals surface area contributed by atoms with E-state index in [1.807, 2.05) is 37.3 Å². The number of non-ortho nitro benzene ring substituents is 1. The molecule has 0 aliphatic heterocycles. The van der Waals surface area contributed by atoms with E-state index in [1.54, 1.807) is 11.8 Å². The summed E-state index contributed by atoms with van der Waals surface area (Å²) in [6, 6.07) is 12.8. The van der Waals surface area contributed by atoms with Gasteiger partial charge in [0, 0.05) is 24.4 Å². The molecule has 2 aromatic rings. The van der Waals surface area contributed by atoms with Crippen molar-refractivity contribution in [2.24, 2.45) is 0 Å². The number of anilines is 1. The van der Waals surface area contributed by atoms with Gasteiger partial charge in [-0.05, 0) is 32.0 Å². The molecule has 0 fully saturated rings. The lowest BCUT2D eigenvalue weighted by atomic mass is 10.2. The van der Waals surface area contributed by atoms with Gasteiger partial charge < -0.3 is 9.64 Å². The Morgan fingerprint density at radius 2 is 1.96 bits per heavy atom. The van der Waals surface area contributed by atoms with Crippen molar-refractivity contribution >= 4 is 23.6 Å². The predicted octanol–water partition coefficient (Wildman–Crippen LogP) is 3.23. The Labute approximate surface area is 145 Å². The van der Waals surface area contributed by atoms with Crippen LogP contribution in [0.5, 0.6) is 5.75 Å². The average molecular weight is 342 g/mol. The molecular formula is C18H18N2O5. The van der Waals surface area contributed by atoms with Gasteiger partial charge in [0.25, 0.3) is 11.6 Å². The van der Waals surface area contributed by atoms with Crippen molar-refractivity contribution < 1.29 is 19.2 Å². The van der Waals surface area contributed by atoms with Crippen molar-refractivity contribution in [3.63, 3.8) is 0 Å². The molecule has 0 N–H and O–H groups in total. The van der Waals surface area contributed by atoms with Crippen molar-refractivity contribution in [2.75, 3.05) is 11.4 Å². The fourth-order valence-corrected chi connectivity index (χ4v) is 2.38. The molecule has 0 aliphatic rings. The molecule has 25 heavy (non-hydrogen) atoms. The predicted molar refractivity (Wildman–Crippen MR) is 93.0 cm³/mol. The van der Waals surface area contributed by atoms with E-state index in [4.69, 9.17) is 4.74 Å². The molecule has 7 nitrogen and oxygen atoms in total. The van der Waals surface area contributed by atoms with Crippen LogP contribution < -0.4 is 9.64 Å². The minimum absolute atomic E-state index is 0.0246. The van der Waals surface area contributed by atoms with E-state index in [2.05, 4.69) is 0 Å². The molecule has 0 unspecified atom stereocenters. The number of aldehydes is 1. The minimum Gasteiger partial charge on any atom is -0.480 e. The summed E-state index contributed by atoms with van der Waals surface area (Å²) in [5.74, 6) is -0.144. The second-order valence-corrected chi connectivity index (χ2v) is 5.28. The number of rotatable bonds is 7. The first-order valence-corrected chi connectivity index (χ1v) is 7.74. The minimum atomic E-state index is -0.861. The lowest BCUT2D eigenvalue weighted by Crippen LogP contribution is -2.40. The summed E-state index contributed by atoms with van der Waals surface area (Å²) in [6.45, 7) is 3.88. The molecule has 0 heterocycles. The van der Waals surface area contributed by atoms with Gasteiger partial charge in [-0.3, -0.25) is 19.7 Å². The molecule has 0 spiro atoms. The third kappa shape index (κ3) is 4.20. The van der Waals surface area contributed by atoms with Gasteiger partial charge in [-0.2, -0.15) is 0 Å². The third-order valence-corrected chi connectivity index (χ3v) is 3.63. The molecule has 0 saturated heterocycles. The van der Waals surface area contributed by atoms with Crippen LogP contribution in [0.15, 0.2) is 48.5 Å². The molecule has 2 rings (SSSR count). The molecule has 0 radical (unpaired) electrons. The van der Waals surface area contributed by atoms with Crippen LogP contribution in [-0.2, 0) is 4.79 Å². The highest BCUT2D eigenvalue weighted by molar-refractivity contribution is 5.96. The Balaban J connectivity index is 2.20. The maximum absolute atomic E-state index is 12.7. The van der Waals surface area contributed by atoms with Crippen LogP contribution in [-0.4, -0.2) is 29.8 Å². The quantitative estimate of drug-likeness (QED) is 0.438. The Bertz CT molecular complexity index is 776. The van der Waals surface area contributed by atoms with Crippen molar-refractivity contribution in [1.29, 1.82) is 0 Å². The van der Waals surface area contributed by atoms with Crippen LogP contribution in [0, 0.1) is 10.1 Å². The van der Waals surface area contributed by atoms with Crippen molar-refractivity contribution in [2.45, 2.75) is 20.0 Å². The van der Waals surface area contributed by atoms with Gasteiger partial charge in [0.15, 0.2) is 12.4 Å². The number of nitrogens with zero attached hydrogens (tertiary/aromatic N) is 2. The lowest BCUT2D eigenvalue weighted by molar-refractivity contribution is -0.384. The number of hydrogen-bond donors (Lipinski definition) is 0. The number of nitro benzene ring substituents is 1. The normalized spacial score (nSPS) is 11.4. The van der Waals surface area contributed by atoms with E-state index < -0.39 is 11.0 Å². The Kier molecular flexibility index (Phi) is 5.84. The smallest absolute Gasteiger partial charge is 0.270 e. The van der Waals surface area contributed by atoms with Crippen LogP contribution in [0.25, 0.3) is 0 Å². The van der Waals surface area contributed by atoms with Crippen LogP contribution in [0.3, 0.4) is 0 Å². The van der Waals surface area contributed by atoms with E-state index in [0.29, 0.717) is 12.8 Å². The summed E-state index contributed by atoms with van der Waals surface area (Å²) in [6.07, 6.45) is -0.394. The second-order valence-electron chi connectivity index (χ2n) is 5.28. The molecule has 0 bridgehead atoms. The zero-order valence-electron chi connectivity index (χ0n) is 13.9. The fraction of sp³-hybridized carbons (Fsp3) is 0.222. The number of nitro groups is 1. The number of ether oxygens (including phenoxy) is 1. The number of amides is 1. The van der Waals surface area contributed by atoms with E-state index in [-0.39, 0.29) is 22.9 Å². The summed E-state index contributed by atoms with van der Waals surface area (Å²) in [5.41, 5.74) is 0.550. The Hall–Kier alpha value is -3.22. The molecule has 2 aromatic carbocycles. The van der Waals surface area contributed by atoms with Gasteiger partial charge >= 0.3 is 0 Å². The van der Waals surface area contributed by atoms with E-state index in [9.17, 15) is 19.7 Å². The Morgan fingerprint density at radius 3 is 2.52 bits per heavy atom. The van der Waals surface area contributed by atoms with Gasteiger partial charge in [0.1, 0.15) is 5.75 Å².